The number of hydrogen-bond acceptors (Lipinski definition) is 3. The van der Waals surface area contributed by atoms with Crippen LogP contribution in [0.15, 0.2) is 18.2 Å². The van der Waals surface area contributed by atoms with Crippen molar-refractivity contribution < 1.29 is 14.2 Å². The summed E-state index contributed by atoms with van der Waals surface area (Å²) in [4.78, 5) is 0. The second kappa shape index (κ2) is 5.44. The Bertz CT molecular complexity index is 395. The number of hydrogen-bond donors (Lipinski definition) is 0. The summed E-state index contributed by atoms with van der Waals surface area (Å²) in [7, 11) is 0. The van der Waals surface area contributed by atoms with Crippen LogP contribution in [0.2, 0.25) is 5.02 Å². The van der Waals surface area contributed by atoms with Gasteiger partial charge < -0.3 is 14.2 Å². The molecule has 1 aliphatic heterocycles. The first-order chi connectivity index (χ1) is 8.10. The fraction of sp³-hybridized carbons (Fsp3) is 0.500. The first-order valence-corrected chi connectivity index (χ1v) is 6.32. The van der Waals surface area contributed by atoms with E-state index in [4.69, 9.17) is 37.4 Å². The molecule has 0 spiro atoms. The SMILES string of the molecule is CCC1Oc2ccc(Cl)cc2C(OC(C)Cl)O1. The van der Waals surface area contributed by atoms with Gasteiger partial charge in [-0.1, -0.05) is 30.1 Å². The Labute approximate surface area is 111 Å². The lowest BCUT2D eigenvalue weighted by molar-refractivity contribution is -0.243. The largest absolute Gasteiger partial charge is 0.464 e. The van der Waals surface area contributed by atoms with Crippen molar-refractivity contribution in [3.8, 4) is 5.75 Å². The highest BCUT2D eigenvalue weighted by atomic mass is 35.5. The molecule has 3 atom stereocenters. The smallest absolute Gasteiger partial charge is 0.202 e. The van der Waals surface area contributed by atoms with Crippen LogP contribution in [0.4, 0.5) is 0 Å². The zero-order valence-corrected chi connectivity index (χ0v) is 11.2. The molecule has 0 amide bonds. The lowest BCUT2D eigenvalue weighted by Gasteiger charge is -2.32. The van der Waals surface area contributed by atoms with Gasteiger partial charge in [0.2, 0.25) is 6.29 Å². The van der Waals surface area contributed by atoms with E-state index in [1.165, 1.54) is 0 Å². The third kappa shape index (κ3) is 3.05. The van der Waals surface area contributed by atoms with Gasteiger partial charge in [0.1, 0.15) is 11.3 Å². The summed E-state index contributed by atoms with van der Waals surface area (Å²) in [5, 5.41) is 0.613. The maximum absolute atomic E-state index is 5.95. The van der Waals surface area contributed by atoms with Crippen LogP contribution in [-0.2, 0) is 9.47 Å². The third-order valence-corrected chi connectivity index (χ3v) is 2.74. The average Bonchev–Trinajstić information content (AvgIpc) is 2.28. The van der Waals surface area contributed by atoms with Gasteiger partial charge in [-0.05, 0) is 25.1 Å². The van der Waals surface area contributed by atoms with E-state index in [2.05, 4.69) is 0 Å². The number of fused-ring (bicyclic) bond motifs is 1. The summed E-state index contributed by atoms with van der Waals surface area (Å²) in [6, 6.07) is 5.37. The van der Waals surface area contributed by atoms with Crippen molar-refractivity contribution in [3.63, 3.8) is 0 Å². The van der Waals surface area contributed by atoms with E-state index in [9.17, 15) is 0 Å². The molecule has 1 aromatic rings. The molecule has 5 heteroatoms. The fourth-order valence-electron chi connectivity index (χ4n) is 1.65. The van der Waals surface area contributed by atoms with Crippen molar-refractivity contribution in [2.24, 2.45) is 0 Å². The number of ether oxygens (including phenoxy) is 3. The summed E-state index contributed by atoms with van der Waals surface area (Å²) in [5.74, 6) is 0.731. The molecule has 1 aromatic carbocycles. The van der Waals surface area contributed by atoms with Gasteiger partial charge in [-0.15, -0.1) is 0 Å². The quantitative estimate of drug-likeness (QED) is 0.779. The maximum Gasteiger partial charge on any atom is 0.202 e. The minimum absolute atomic E-state index is 0.316. The number of alkyl halides is 1. The molecule has 0 saturated carbocycles. The first kappa shape index (κ1) is 13.0. The molecule has 94 valence electrons. The molecule has 0 bridgehead atoms. The normalized spacial score (nSPS) is 24.9. The Kier molecular flexibility index (Phi) is 4.15. The van der Waals surface area contributed by atoms with Gasteiger partial charge in [-0.25, -0.2) is 0 Å². The molecule has 0 radical (unpaired) electrons. The Morgan fingerprint density at radius 1 is 1.47 bits per heavy atom. The van der Waals surface area contributed by atoms with Gasteiger partial charge in [-0.2, -0.15) is 0 Å². The van der Waals surface area contributed by atoms with Crippen molar-refractivity contribution in [2.45, 2.75) is 38.4 Å². The van der Waals surface area contributed by atoms with E-state index in [1.54, 1.807) is 19.1 Å². The van der Waals surface area contributed by atoms with Crippen molar-refractivity contribution in [3.05, 3.63) is 28.8 Å². The van der Waals surface area contributed by atoms with Crippen LogP contribution in [0.5, 0.6) is 5.75 Å². The standard InChI is InChI=1S/C12H14Cl2O3/c1-3-11-16-10-5-4-8(14)6-9(10)12(17-11)15-7(2)13/h4-7,11-12H,3H2,1-2H3. The van der Waals surface area contributed by atoms with Gasteiger partial charge in [0, 0.05) is 11.4 Å². The first-order valence-electron chi connectivity index (χ1n) is 5.51. The highest BCUT2D eigenvalue weighted by molar-refractivity contribution is 6.30. The lowest BCUT2D eigenvalue weighted by atomic mass is 10.1. The summed E-state index contributed by atoms with van der Waals surface area (Å²) < 4.78 is 16.8. The van der Waals surface area contributed by atoms with Crippen LogP contribution in [0.25, 0.3) is 0 Å². The maximum atomic E-state index is 5.95. The number of benzene rings is 1. The Balaban J connectivity index is 2.30. The highest BCUT2D eigenvalue weighted by Gasteiger charge is 2.29. The van der Waals surface area contributed by atoms with Crippen LogP contribution < -0.4 is 4.74 Å². The van der Waals surface area contributed by atoms with E-state index in [-0.39, 0.29) is 6.29 Å². The molecule has 0 saturated heterocycles. The van der Waals surface area contributed by atoms with E-state index >= 15 is 0 Å². The molecule has 2 rings (SSSR count). The molecule has 1 heterocycles. The minimum atomic E-state index is -0.533. The zero-order valence-electron chi connectivity index (χ0n) is 9.65. The summed E-state index contributed by atoms with van der Waals surface area (Å²) in [6.07, 6.45) is -0.113. The van der Waals surface area contributed by atoms with E-state index < -0.39 is 11.9 Å². The van der Waals surface area contributed by atoms with Gasteiger partial charge in [-0.3, -0.25) is 0 Å². The van der Waals surface area contributed by atoms with E-state index in [0.29, 0.717) is 5.02 Å². The molecule has 0 N–H and O–H groups in total. The second-order valence-corrected chi connectivity index (χ2v) is 4.84. The van der Waals surface area contributed by atoms with Gasteiger partial charge in [0.05, 0.1) is 5.56 Å². The van der Waals surface area contributed by atoms with Crippen molar-refractivity contribution >= 4 is 23.2 Å². The number of halogens is 2. The van der Waals surface area contributed by atoms with Crippen molar-refractivity contribution in [1.82, 2.24) is 0 Å². The average molecular weight is 277 g/mol. The van der Waals surface area contributed by atoms with E-state index in [0.717, 1.165) is 17.7 Å². The second-order valence-electron chi connectivity index (χ2n) is 3.78. The highest BCUT2D eigenvalue weighted by Crippen LogP contribution is 2.38. The van der Waals surface area contributed by atoms with Crippen LogP contribution in [0, 0.1) is 0 Å². The molecule has 0 aromatic heterocycles. The summed E-state index contributed by atoms with van der Waals surface area (Å²) >= 11 is 11.8. The predicted octanol–water partition coefficient (Wildman–Crippen LogP) is 4.09. The Morgan fingerprint density at radius 3 is 2.88 bits per heavy atom. The van der Waals surface area contributed by atoms with Crippen molar-refractivity contribution in [2.75, 3.05) is 0 Å². The van der Waals surface area contributed by atoms with Crippen molar-refractivity contribution in [1.29, 1.82) is 0 Å². The lowest BCUT2D eigenvalue weighted by Crippen LogP contribution is -2.30. The van der Waals surface area contributed by atoms with Crippen LogP contribution in [0.1, 0.15) is 32.1 Å². The fourth-order valence-corrected chi connectivity index (χ4v) is 1.92. The zero-order chi connectivity index (χ0) is 12.4. The minimum Gasteiger partial charge on any atom is -0.464 e. The molecule has 17 heavy (non-hydrogen) atoms. The van der Waals surface area contributed by atoms with Crippen LogP contribution >= 0.6 is 23.2 Å². The van der Waals surface area contributed by atoms with Crippen LogP contribution in [-0.4, -0.2) is 11.9 Å². The molecular formula is C12H14Cl2O3. The third-order valence-electron chi connectivity index (χ3n) is 2.40. The molecule has 0 aliphatic carbocycles. The van der Waals surface area contributed by atoms with E-state index in [1.807, 2.05) is 13.0 Å². The molecule has 1 aliphatic rings. The summed E-state index contributed by atoms with van der Waals surface area (Å²) in [5.41, 5.74) is 0.331. The van der Waals surface area contributed by atoms with Crippen LogP contribution in [0.3, 0.4) is 0 Å². The van der Waals surface area contributed by atoms with Gasteiger partial charge >= 0.3 is 0 Å². The van der Waals surface area contributed by atoms with Gasteiger partial charge in [0.25, 0.3) is 0 Å². The Morgan fingerprint density at radius 2 is 2.24 bits per heavy atom. The summed E-state index contributed by atoms with van der Waals surface area (Å²) in [6.45, 7) is 3.72. The molecule has 3 nitrogen and oxygen atoms in total. The topological polar surface area (TPSA) is 27.7 Å². The molecule has 0 fully saturated rings. The monoisotopic (exact) mass is 276 g/mol. The Hall–Kier alpha value is -0.480. The number of rotatable bonds is 3. The predicted molar refractivity (Wildman–Crippen MR) is 66.4 cm³/mol. The molecule has 3 unspecified atom stereocenters. The molecular weight excluding hydrogens is 263 g/mol. The van der Waals surface area contributed by atoms with Gasteiger partial charge in [0.15, 0.2) is 6.29 Å².